The minimum absolute atomic E-state index is 0.0489. The molecule has 5 amide bonds. The number of imide groups is 1. The van der Waals surface area contributed by atoms with E-state index in [2.05, 4.69) is 45.9 Å². The van der Waals surface area contributed by atoms with Crippen LogP contribution in [-0.2, 0) is 34.0 Å². The zero-order valence-electron chi connectivity index (χ0n) is 30.7. The van der Waals surface area contributed by atoms with Crippen molar-refractivity contribution in [3.05, 3.63) is 101 Å². The van der Waals surface area contributed by atoms with Crippen molar-refractivity contribution >= 4 is 40.3 Å². The van der Waals surface area contributed by atoms with E-state index in [1.807, 2.05) is 35.4 Å². The van der Waals surface area contributed by atoms with Gasteiger partial charge in [0, 0.05) is 78.9 Å². The Bertz CT molecular complexity index is 2490. The van der Waals surface area contributed by atoms with Crippen LogP contribution in [0, 0.1) is 11.8 Å². The summed E-state index contributed by atoms with van der Waals surface area (Å²) in [5.74, 6) is 5.84. The Morgan fingerprint density at radius 2 is 1.80 bits per heavy atom. The monoisotopic (exact) mass is 734 g/mol. The molecule has 0 bridgehead atoms. The Hall–Kier alpha value is -6.68. The number of carbonyl (C=O) groups is 5. The Labute approximate surface area is 317 Å². The number of hydrogen-bond acceptors (Lipinski definition) is 8. The molecule has 0 spiro atoms. The molecular formula is C42H38N8O5. The van der Waals surface area contributed by atoms with E-state index in [4.69, 9.17) is 9.97 Å². The fraction of sp³-hybridized carbons (Fsp3) is 0.286. The van der Waals surface area contributed by atoms with Gasteiger partial charge in [0.25, 0.3) is 11.8 Å². The number of imidazole rings is 1. The highest BCUT2D eigenvalue weighted by molar-refractivity contribution is 6.05. The number of fused-ring (bicyclic) bond motifs is 3. The maximum atomic E-state index is 13.1. The first kappa shape index (κ1) is 35.4. The summed E-state index contributed by atoms with van der Waals surface area (Å²) in [5.41, 5.74) is 6.38. The molecule has 1 fully saturated rings. The van der Waals surface area contributed by atoms with Crippen molar-refractivity contribution in [1.82, 2.24) is 40.0 Å². The van der Waals surface area contributed by atoms with E-state index in [0.717, 1.165) is 39.1 Å². The minimum Gasteiger partial charge on any atom is -0.340 e. The Kier molecular flexibility index (Phi) is 9.18. The molecule has 0 radical (unpaired) electrons. The number of piperidine rings is 1. The molecule has 2 aromatic carbocycles. The second kappa shape index (κ2) is 14.3. The predicted octanol–water partition coefficient (Wildman–Crippen LogP) is 4.19. The van der Waals surface area contributed by atoms with Gasteiger partial charge < -0.3 is 19.7 Å². The first-order valence-corrected chi connectivity index (χ1v) is 18.3. The lowest BCUT2D eigenvalue weighted by atomic mass is 10.0. The lowest BCUT2D eigenvalue weighted by Crippen LogP contribution is -2.52. The van der Waals surface area contributed by atoms with E-state index in [9.17, 15) is 24.0 Å². The van der Waals surface area contributed by atoms with Crippen LogP contribution in [0.2, 0.25) is 0 Å². The van der Waals surface area contributed by atoms with E-state index < -0.39 is 11.9 Å². The summed E-state index contributed by atoms with van der Waals surface area (Å²) in [5, 5.41) is 7.02. The lowest BCUT2D eigenvalue weighted by Gasteiger charge is -2.29. The van der Waals surface area contributed by atoms with Gasteiger partial charge in [-0.3, -0.25) is 39.3 Å². The van der Waals surface area contributed by atoms with Crippen molar-refractivity contribution in [1.29, 1.82) is 0 Å². The van der Waals surface area contributed by atoms with Crippen LogP contribution >= 0.6 is 0 Å². The number of nitrogens with zero attached hydrogens (tertiary/aromatic N) is 6. The molecule has 3 aliphatic heterocycles. The van der Waals surface area contributed by atoms with Gasteiger partial charge in [-0.15, -0.1) is 0 Å². The highest BCUT2D eigenvalue weighted by atomic mass is 16.2. The summed E-state index contributed by atoms with van der Waals surface area (Å²) in [4.78, 5) is 80.0. The number of rotatable bonds is 6. The van der Waals surface area contributed by atoms with Gasteiger partial charge in [0.05, 0.1) is 30.2 Å². The number of nitrogens with one attached hydrogen (secondary N) is 2. The number of amides is 5. The summed E-state index contributed by atoms with van der Waals surface area (Å²) in [7, 11) is 0. The molecule has 0 aliphatic carbocycles. The van der Waals surface area contributed by atoms with E-state index in [-0.39, 0.29) is 61.2 Å². The summed E-state index contributed by atoms with van der Waals surface area (Å²) in [6, 6.07) is 16.1. The van der Waals surface area contributed by atoms with Crippen molar-refractivity contribution < 1.29 is 24.0 Å². The molecule has 1 atom stereocenters. The van der Waals surface area contributed by atoms with Crippen LogP contribution in [-0.4, -0.2) is 78.0 Å². The second-order valence-corrected chi connectivity index (χ2v) is 14.3. The summed E-state index contributed by atoms with van der Waals surface area (Å²) in [6.45, 7) is 8.02. The highest BCUT2D eigenvalue weighted by Gasteiger charge is 2.39. The topological polar surface area (TPSA) is 159 Å². The molecule has 13 nitrogen and oxygen atoms in total. The normalized spacial score (nSPS) is 16.4. The molecule has 1 unspecified atom stereocenters. The Morgan fingerprint density at radius 1 is 0.982 bits per heavy atom. The zero-order chi connectivity index (χ0) is 38.4. The van der Waals surface area contributed by atoms with Crippen LogP contribution < -0.4 is 10.6 Å². The molecule has 13 heteroatoms. The van der Waals surface area contributed by atoms with Gasteiger partial charge in [-0.05, 0) is 47.7 Å². The molecule has 2 N–H and O–H groups in total. The van der Waals surface area contributed by atoms with Crippen molar-refractivity contribution in [2.24, 2.45) is 0 Å². The third-order valence-corrected chi connectivity index (χ3v) is 10.5. The highest BCUT2D eigenvalue weighted by Crippen LogP contribution is 2.36. The molecular weight excluding hydrogens is 697 g/mol. The van der Waals surface area contributed by atoms with Crippen LogP contribution in [0.25, 0.3) is 33.3 Å². The summed E-state index contributed by atoms with van der Waals surface area (Å²) >= 11 is 0. The number of benzene rings is 2. The van der Waals surface area contributed by atoms with Gasteiger partial charge in [0.1, 0.15) is 17.6 Å². The lowest BCUT2D eigenvalue weighted by molar-refractivity contribution is -0.137. The fourth-order valence-corrected chi connectivity index (χ4v) is 7.59. The van der Waals surface area contributed by atoms with E-state index >= 15 is 0 Å². The number of carbonyl (C=O) groups excluding carboxylic acids is 5. The van der Waals surface area contributed by atoms with E-state index in [1.165, 1.54) is 4.90 Å². The zero-order valence-corrected chi connectivity index (χ0v) is 30.7. The van der Waals surface area contributed by atoms with Crippen molar-refractivity contribution in [2.75, 3.05) is 13.1 Å². The molecule has 8 rings (SSSR count). The second-order valence-electron chi connectivity index (χ2n) is 14.3. The number of hydrogen-bond donors (Lipinski definition) is 2. The predicted molar refractivity (Wildman–Crippen MR) is 203 cm³/mol. The molecule has 5 aromatic rings. The maximum Gasteiger partial charge on any atom is 0.270 e. The quantitative estimate of drug-likeness (QED) is 0.194. The Morgan fingerprint density at radius 3 is 2.56 bits per heavy atom. The van der Waals surface area contributed by atoms with Crippen LogP contribution in [0.5, 0.6) is 0 Å². The van der Waals surface area contributed by atoms with Crippen LogP contribution in [0.1, 0.15) is 83.0 Å². The van der Waals surface area contributed by atoms with Gasteiger partial charge >= 0.3 is 0 Å². The van der Waals surface area contributed by atoms with Crippen molar-refractivity contribution in [2.45, 2.75) is 65.2 Å². The fourth-order valence-electron chi connectivity index (χ4n) is 7.59. The van der Waals surface area contributed by atoms with Crippen LogP contribution in [0.3, 0.4) is 0 Å². The number of pyridine rings is 2. The third-order valence-electron chi connectivity index (χ3n) is 10.5. The maximum absolute atomic E-state index is 13.1. The molecule has 276 valence electrons. The van der Waals surface area contributed by atoms with Crippen LogP contribution in [0.15, 0.2) is 67.0 Å². The Balaban J connectivity index is 0.948. The smallest absolute Gasteiger partial charge is 0.270 e. The minimum atomic E-state index is -0.708. The third kappa shape index (κ3) is 6.60. The largest absolute Gasteiger partial charge is 0.340 e. The first-order valence-electron chi connectivity index (χ1n) is 18.3. The molecule has 6 heterocycles. The average molecular weight is 735 g/mol. The van der Waals surface area contributed by atoms with Gasteiger partial charge in [0.15, 0.2) is 0 Å². The van der Waals surface area contributed by atoms with Gasteiger partial charge in [-0.1, -0.05) is 50.0 Å². The molecule has 3 aliphatic rings. The summed E-state index contributed by atoms with van der Waals surface area (Å²) in [6.07, 6.45) is 3.92. The molecule has 1 saturated heterocycles. The van der Waals surface area contributed by atoms with E-state index in [0.29, 0.717) is 42.0 Å². The molecule has 3 aromatic heterocycles. The number of aromatic nitrogens is 4. The molecule has 0 saturated carbocycles. The van der Waals surface area contributed by atoms with Crippen molar-refractivity contribution in [3.8, 4) is 34.4 Å². The standard InChI is InChI=1S/C42H38N8O5/c1-24(2)39-47-38(36-23-48(25(3)51)17-18-49(36)39)29-10-5-8-27-19-34(45-21-31(27)29)28-12-13-33(44-20-28)40(53)43-16-6-9-26-7-4-11-30-32(26)22-50(42(30)55)35-14-15-37(52)46-41(35)54/h4-5,7-8,10-13,19-21,24,35H,14-18,22-23H2,1-3H3,(H,43,53)(H,46,52,54). The average Bonchev–Trinajstić information content (AvgIpc) is 3.74. The van der Waals surface area contributed by atoms with E-state index in [1.54, 1.807) is 43.5 Å². The van der Waals surface area contributed by atoms with Gasteiger partial charge in [0.2, 0.25) is 17.7 Å². The SMILES string of the molecule is CC(=O)N1CCn2c(C(C)C)nc(-c3cccc4cc(-c5ccc(C(=O)NCC#Cc6cccc7c6CN(C6CCC(=O)NC6=O)C7=O)nc5)ncc34)c2C1. The molecule has 55 heavy (non-hydrogen) atoms. The summed E-state index contributed by atoms with van der Waals surface area (Å²) < 4.78 is 2.26. The van der Waals surface area contributed by atoms with Crippen molar-refractivity contribution in [3.63, 3.8) is 0 Å². The van der Waals surface area contributed by atoms with Crippen LogP contribution in [0.4, 0.5) is 0 Å². The van der Waals surface area contributed by atoms with Gasteiger partial charge in [-0.25, -0.2) is 4.98 Å². The van der Waals surface area contributed by atoms with Gasteiger partial charge in [-0.2, -0.15) is 0 Å². The first-order chi connectivity index (χ1) is 26.6.